The second-order valence-electron chi connectivity index (χ2n) is 7.29. The van der Waals surface area contributed by atoms with Gasteiger partial charge in [0.2, 0.25) is 0 Å². The summed E-state index contributed by atoms with van der Waals surface area (Å²) in [5.41, 5.74) is 6.10. The monoisotopic (exact) mass is 364 g/mol. The topological polar surface area (TPSA) is 66.8 Å². The number of anilines is 1. The van der Waals surface area contributed by atoms with Gasteiger partial charge in [0.25, 0.3) is 0 Å². The molecule has 4 rings (SSSR count). The van der Waals surface area contributed by atoms with Gasteiger partial charge in [0, 0.05) is 38.8 Å². The fraction of sp³-hybridized carbons (Fsp3) is 0.429. The third-order valence-electron chi connectivity index (χ3n) is 5.38. The van der Waals surface area contributed by atoms with E-state index in [2.05, 4.69) is 57.1 Å². The van der Waals surface area contributed by atoms with Gasteiger partial charge in [0.1, 0.15) is 11.3 Å². The lowest BCUT2D eigenvalue weighted by Gasteiger charge is -2.14. The summed E-state index contributed by atoms with van der Waals surface area (Å²) < 4.78 is 2.02. The Hall–Kier alpha value is -2.44. The normalized spacial score (nSPS) is 16.9. The number of hydrogen-bond donors (Lipinski definition) is 3. The first kappa shape index (κ1) is 17.9. The Morgan fingerprint density at radius 3 is 2.93 bits per heavy atom. The molecule has 1 fully saturated rings. The van der Waals surface area contributed by atoms with Gasteiger partial charge in [0.05, 0.1) is 18.0 Å². The van der Waals surface area contributed by atoms with Crippen molar-refractivity contribution in [3.63, 3.8) is 0 Å². The first-order chi connectivity index (χ1) is 13.2. The molecule has 1 aromatic carbocycles. The molecule has 3 N–H and O–H groups in total. The van der Waals surface area contributed by atoms with Crippen LogP contribution in [0, 0.1) is 0 Å². The van der Waals surface area contributed by atoms with Crippen molar-refractivity contribution in [1.29, 1.82) is 0 Å². The lowest BCUT2D eigenvalue weighted by atomic mass is 10.0. The predicted molar refractivity (Wildman–Crippen MR) is 110 cm³/mol. The number of nitrogens with one attached hydrogen (secondary N) is 3. The first-order valence-electron chi connectivity index (χ1n) is 9.78. The molecule has 2 aromatic heterocycles. The van der Waals surface area contributed by atoms with E-state index < -0.39 is 0 Å². The highest BCUT2D eigenvalue weighted by molar-refractivity contribution is 5.77. The zero-order chi connectivity index (χ0) is 18.6. The summed E-state index contributed by atoms with van der Waals surface area (Å²) in [6.45, 7) is 6.14. The van der Waals surface area contributed by atoms with Crippen LogP contribution in [0.15, 0.2) is 36.8 Å². The van der Waals surface area contributed by atoms with Crippen LogP contribution in [0.3, 0.4) is 0 Å². The Bertz CT molecular complexity index is 910. The summed E-state index contributed by atoms with van der Waals surface area (Å²) >= 11 is 0. The van der Waals surface area contributed by atoms with Gasteiger partial charge in [-0.25, -0.2) is 9.97 Å². The van der Waals surface area contributed by atoms with Crippen molar-refractivity contribution in [3.05, 3.63) is 53.5 Å². The lowest BCUT2D eigenvalue weighted by molar-refractivity contribution is 0.547. The van der Waals surface area contributed by atoms with Gasteiger partial charge in [-0.2, -0.15) is 0 Å². The van der Waals surface area contributed by atoms with Crippen LogP contribution in [0.2, 0.25) is 0 Å². The van der Waals surface area contributed by atoms with Gasteiger partial charge in [-0.1, -0.05) is 25.1 Å². The molecule has 3 aromatic rings. The minimum atomic E-state index is 0.601. The fourth-order valence-electron chi connectivity index (χ4n) is 3.69. The molecule has 142 valence electrons. The number of benzene rings is 1. The highest BCUT2D eigenvalue weighted by Gasteiger charge is 2.13. The molecular weight excluding hydrogens is 336 g/mol. The van der Waals surface area contributed by atoms with Crippen LogP contribution in [0.1, 0.15) is 30.0 Å². The van der Waals surface area contributed by atoms with E-state index in [0.29, 0.717) is 6.04 Å². The summed E-state index contributed by atoms with van der Waals surface area (Å²) in [6, 6.07) is 9.48. The zero-order valence-corrected chi connectivity index (χ0v) is 16.1. The van der Waals surface area contributed by atoms with Crippen molar-refractivity contribution in [2.75, 3.05) is 18.4 Å². The third-order valence-corrected chi connectivity index (χ3v) is 5.38. The van der Waals surface area contributed by atoms with Gasteiger partial charge in [-0.3, -0.25) is 0 Å². The second kappa shape index (κ2) is 8.06. The van der Waals surface area contributed by atoms with E-state index in [1.165, 1.54) is 23.1 Å². The molecule has 0 spiro atoms. The molecule has 1 atom stereocenters. The highest BCUT2D eigenvalue weighted by atomic mass is 15.0. The van der Waals surface area contributed by atoms with E-state index in [-0.39, 0.29) is 0 Å². The number of imidazole rings is 1. The molecule has 0 aliphatic carbocycles. The van der Waals surface area contributed by atoms with Crippen molar-refractivity contribution in [1.82, 2.24) is 25.2 Å². The molecule has 6 heteroatoms. The Labute approximate surface area is 160 Å². The fourth-order valence-corrected chi connectivity index (χ4v) is 3.69. The molecule has 0 saturated carbocycles. The predicted octanol–water partition coefficient (Wildman–Crippen LogP) is 2.59. The summed E-state index contributed by atoms with van der Waals surface area (Å²) in [4.78, 5) is 8.80. The number of fused-ring (bicyclic) bond motifs is 1. The smallest absolute Gasteiger partial charge is 0.128 e. The van der Waals surface area contributed by atoms with Gasteiger partial charge >= 0.3 is 0 Å². The Morgan fingerprint density at radius 1 is 1.19 bits per heavy atom. The van der Waals surface area contributed by atoms with Crippen molar-refractivity contribution in [2.24, 2.45) is 7.05 Å². The summed E-state index contributed by atoms with van der Waals surface area (Å²) in [7, 11) is 2.00. The van der Waals surface area contributed by atoms with E-state index in [1.807, 2.05) is 24.1 Å². The molecule has 0 amide bonds. The maximum Gasteiger partial charge on any atom is 0.128 e. The van der Waals surface area contributed by atoms with E-state index in [4.69, 9.17) is 0 Å². The van der Waals surface area contributed by atoms with Crippen molar-refractivity contribution >= 4 is 16.9 Å². The quantitative estimate of drug-likeness (QED) is 0.601. The van der Waals surface area contributed by atoms with Crippen LogP contribution in [-0.2, 0) is 26.6 Å². The molecule has 6 nitrogen and oxygen atoms in total. The molecule has 3 heterocycles. The van der Waals surface area contributed by atoms with E-state index >= 15 is 0 Å². The number of aryl methyl sites for hydroxylation is 2. The van der Waals surface area contributed by atoms with E-state index in [1.54, 1.807) is 0 Å². The Kier molecular flexibility index (Phi) is 5.36. The summed E-state index contributed by atoms with van der Waals surface area (Å²) in [6.07, 6.45) is 5.89. The maximum absolute atomic E-state index is 4.48. The van der Waals surface area contributed by atoms with E-state index in [0.717, 1.165) is 49.5 Å². The number of hydrogen-bond acceptors (Lipinski definition) is 5. The average molecular weight is 364 g/mol. The Balaban J connectivity index is 1.41. The van der Waals surface area contributed by atoms with Gasteiger partial charge in [-0.15, -0.1) is 0 Å². The SMILES string of the molecule is CCc1cc(CNC2CCNC2)ccc1CNc1cc2c(cn1)ncn2C. The maximum atomic E-state index is 4.48. The Morgan fingerprint density at radius 2 is 2.11 bits per heavy atom. The number of rotatable bonds is 7. The van der Waals surface area contributed by atoms with Crippen molar-refractivity contribution in [3.8, 4) is 0 Å². The van der Waals surface area contributed by atoms with Crippen LogP contribution in [0.5, 0.6) is 0 Å². The highest BCUT2D eigenvalue weighted by Crippen LogP contribution is 2.18. The third kappa shape index (κ3) is 4.12. The number of pyridine rings is 1. The van der Waals surface area contributed by atoms with Crippen LogP contribution < -0.4 is 16.0 Å². The van der Waals surface area contributed by atoms with Crippen molar-refractivity contribution < 1.29 is 0 Å². The van der Waals surface area contributed by atoms with Crippen LogP contribution in [0.25, 0.3) is 11.0 Å². The molecule has 1 aliphatic heterocycles. The molecule has 1 unspecified atom stereocenters. The van der Waals surface area contributed by atoms with Crippen molar-refractivity contribution in [2.45, 2.75) is 38.9 Å². The lowest BCUT2D eigenvalue weighted by Crippen LogP contribution is -2.30. The van der Waals surface area contributed by atoms with Gasteiger partial charge in [-0.05, 0) is 36.1 Å². The minimum Gasteiger partial charge on any atom is -0.366 e. The average Bonchev–Trinajstić information content (AvgIpc) is 3.35. The van der Waals surface area contributed by atoms with Crippen LogP contribution in [0.4, 0.5) is 5.82 Å². The molecule has 0 bridgehead atoms. The number of aromatic nitrogens is 3. The summed E-state index contributed by atoms with van der Waals surface area (Å²) in [5.74, 6) is 0.882. The summed E-state index contributed by atoms with van der Waals surface area (Å²) in [5, 5.41) is 10.5. The second-order valence-corrected chi connectivity index (χ2v) is 7.29. The minimum absolute atomic E-state index is 0.601. The van der Waals surface area contributed by atoms with E-state index in [9.17, 15) is 0 Å². The van der Waals surface area contributed by atoms with Crippen LogP contribution >= 0.6 is 0 Å². The van der Waals surface area contributed by atoms with Gasteiger partial charge in [0.15, 0.2) is 0 Å². The largest absolute Gasteiger partial charge is 0.366 e. The molecular formula is C21H28N6. The van der Waals surface area contributed by atoms with Crippen LogP contribution in [-0.4, -0.2) is 33.7 Å². The molecule has 1 aliphatic rings. The zero-order valence-electron chi connectivity index (χ0n) is 16.1. The number of nitrogens with zero attached hydrogens (tertiary/aromatic N) is 3. The standard InChI is InChI=1S/C21H28N6/c1-3-16-8-15(10-23-18-6-7-22-12-18)4-5-17(16)11-24-21-9-20-19(13-25-21)26-14-27(20)2/h4-5,8-9,13-14,18,22-23H,3,6-7,10-12H2,1-2H3,(H,24,25). The van der Waals surface area contributed by atoms with Gasteiger partial charge < -0.3 is 20.5 Å². The molecule has 1 saturated heterocycles. The first-order valence-corrected chi connectivity index (χ1v) is 9.78. The molecule has 0 radical (unpaired) electrons. The molecule has 27 heavy (non-hydrogen) atoms.